The van der Waals surface area contributed by atoms with E-state index in [1.54, 1.807) is 18.7 Å². The Morgan fingerprint density at radius 3 is 2.83 bits per heavy atom. The van der Waals surface area contributed by atoms with E-state index in [9.17, 15) is 9.90 Å². The predicted molar refractivity (Wildman–Crippen MR) is 73.2 cm³/mol. The number of hydrogen-bond acceptors (Lipinski definition) is 3. The molecule has 4 nitrogen and oxygen atoms in total. The third kappa shape index (κ3) is 2.59. The van der Waals surface area contributed by atoms with E-state index in [4.69, 9.17) is 0 Å². The Kier molecular flexibility index (Phi) is 3.77. The zero-order chi connectivity index (χ0) is 13.3. The minimum absolute atomic E-state index is 0.266. The lowest BCUT2D eigenvalue weighted by Gasteiger charge is -2.04. The summed E-state index contributed by atoms with van der Waals surface area (Å²) in [6.45, 7) is 1.70. The van der Waals surface area contributed by atoms with Crippen LogP contribution in [0.2, 0.25) is 0 Å². The quantitative estimate of drug-likeness (QED) is 0.939. The summed E-state index contributed by atoms with van der Waals surface area (Å²) < 4.78 is 2.56. The first-order valence-electron chi connectivity index (χ1n) is 5.19. The molecule has 0 fully saturated rings. The van der Waals surface area contributed by atoms with Crippen LogP contribution in [0.15, 0.2) is 38.7 Å². The third-order valence-corrected chi connectivity index (χ3v) is 4.04. The number of hydrogen-bond donors (Lipinski definition) is 1. The molecule has 1 aromatic heterocycles. The van der Waals surface area contributed by atoms with Crippen LogP contribution in [0.1, 0.15) is 16.1 Å². The first-order chi connectivity index (χ1) is 8.49. The van der Waals surface area contributed by atoms with Crippen LogP contribution < -0.4 is 0 Å². The van der Waals surface area contributed by atoms with Crippen molar-refractivity contribution < 1.29 is 9.90 Å². The number of halogens is 1. The van der Waals surface area contributed by atoms with Gasteiger partial charge in [0.2, 0.25) is 0 Å². The lowest BCUT2D eigenvalue weighted by molar-refractivity contribution is 0.0692. The fourth-order valence-electron chi connectivity index (χ4n) is 1.64. The minimum Gasteiger partial charge on any atom is -0.478 e. The first kappa shape index (κ1) is 13.2. The number of aryl methyl sites for hydroxylation is 2. The van der Waals surface area contributed by atoms with Crippen molar-refractivity contribution in [3.05, 3.63) is 40.0 Å². The van der Waals surface area contributed by atoms with Crippen molar-refractivity contribution in [1.29, 1.82) is 0 Å². The normalized spacial score (nSPS) is 10.6. The Labute approximate surface area is 117 Å². The van der Waals surface area contributed by atoms with Gasteiger partial charge in [0, 0.05) is 16.4 Å². The van der Waals surface area contributed by atoms with Crippen molar-refractivity contribution in [2.24, 2.45) is 7.05 Å². The number of aromatic carboxylic acids is 1. The highest BCUT2D eigenvalue weighted by Crippen LogP contribution is 2.32. The first-order valence-corrected chi connectivity index (χ1v) is 6.80. The molecule has 1 heterocycles. The molecule has 2 aromatic rings. The number of carboxylic acid groups (broad SMARTS) is 1. The van der Waals surface area contributed by atoms with E-state index >= 15 is 0 Å². The average molecular weight is 327 g/mol. The van der Waals surface area contributed by atoms with Gasteiger partial charge >= 0.3 is 5.97 Å². The van der Waals surface area contributed by atoms with Crippen LogP contribution >= 0.6 is 27.7 Å². The molecule has 0 amide bonds. The fraction of sp³-hybridized carbons (Fsp3) is 0.167. The van der Waals surface area contributed by atoms with Crippen LogP contribution in [0.3, 0.4) is 0 Å². The van der Waals surface area contributed by atoms with E-state index in [2.05, 4.69) is 21.0 Å². The van der Waals surface area contributed by atoms with Crippen molar-refractivity contribution in [1.82, 2.24) is 9.78 Å². The smallest absolute Gasteiger partial charge is 0.340 e. The number of aromatic nitrogens is 2. The van der Waals surface area contributed by atoms with Crippen LogP contribution in [0.25, 0.3) is 0 Å². The second-order valence-electron chi connectivity index (χ2n) is 3.75. The molecule has 0 aliphatic carbocycles. The van der Waals surface area contributed by atoms with Gasteiger partial charge < -0.3 is 5.11 Å². The molecular weight excluding hydrogens is 316 g/mol. The molecule has 0 unspecified atom stereocenters. The molecule has 1 aromatic carbocycles. The fourth-order valence-corrected chi connectivity index (χ4v) is 3.26. The summed E-state index contributed by atoms with van der Waals surface area (Å²) in [6, 6.07) is 7.72. The van der Waals surface area contributed by atoms with E-state index in [1.165, 1.54) is 11.8 Å². The Hall–Kier alpha value is -1.27. The SMILES string of the molecule is Cc1nn(C)c(Sc2cccc(Br)c2)c1C(=O)O. The van der Waals surface area contributed by atoms with Crippen LogP contribution in [-0.2, 0) is 7.05 Å². The van der Waals surface area contributed by atoms with Gasteiger partial charge in [0.1, 0.15) is 10.6 Å². The zero-order valence-corrected chi connectivity index (χ0v) is 12.2. The molecule has 0 bridgehead atoms. The second-order valence-corrected chi connectivity index (χ2v) is 5.73. The summed E-state index contributed by atoms with van der Waals surface area (Å²) in [6.07, 6.45) is 0. The van der Waals surface area contributed by atoms with Gasteiger partial charge in [0.15, 0.2) is 0 Å². The summed E-state index contributed by atoms with van der Waals surface area (Å²) in [5.41, 5.74) is 0.796. The molecule has 0 radical (unpaired) electrons. The number of carboxylic acids is 1. The van der Waals surface area contributed by atoms with E-state index < -0.39 is 5.97 Å². The summed E-state index contributed by atoms with van der Waals surface area (Å²) >= 11 is 4.79. The van der Waals surface area contributed by atoms with E-state index in [0.717, 1.165) is 9.37 Å². The maximum absolute atomic E-state index is 11.2. The van der Waals surface area contributed by atoms with Gasteiger partial charge in [0.25, 0.3) is 0 Å². The number of carbonyl (C=O) groups is 1. The number of benzene rings is 1. The molecule has 0 spiro atoms. The summed E-state index contributed by atoms with van der Waals surface area (Å²) in [5.74, 6) is -0.946. The average Bonchev–Trinajstić information content (AvgIpc) is 2.53. The summed E-state index contributed by atoms with van der Waals surface area (Å²) in [4.78, 5) is 12.2. The van der Waals surface area contributed by atoms with E-state index in [1.807, 2.05) is 24.3 Å². The standard InChI is InChI=1S/C12H11BrN2O2S/c1-7-10(12(16)17)11(15(2)14-7)18-9-5-3-4-8(13)6-9/h3-6H,1-2H3,(H,16,17). The molecule has 0 aliphatic heterocycles. The largest absolute Gasteiger partial charge is 0.478 e. The second kappa shape index (κ2) is 5.16. The van der Waals surface area contributed by atoms with Crippen molar-refractivity contribution >= 4 is 33.7 Å². The molecule has 18 heavy (non-hydrogen) atoms. The van der Waals surface area contributed by atoms with Crippen molar-refractivity contribution in [2.75, 3.05) is 0 Å². The Morgan fingerprint density at radius 2 is 2.22 bits per heavy atom. The van der Waals surface area contributed by atoms with Gasteiger partial charge in [-0.05, 0) is 25.1 Å². The highest BCUT2D eigenvalue weighted by molar-refractivity contribution is 9.10. The predicted octanol–water partition coefficient (Wildman–Crippen LogP) is 3.34. The van der Waals surface area contributed by atoms with Crippen LogP contribution in [0.4, 0.5) is 0 Å². The zero-order valence-electron chi connectivity index (χ0n) is 9.85. The van der Waals surface area contributed by atoms with Gasteiger partial charge in [-0.2, -0.15) is 5.10 Å². The van der Waals surface area contributed by atoms with E-state index in [0.29, 0.717) is 10.7 Å². The van der Waals surface area contributed by atoms with Crippen molar-refractivity contribution in [3.63, 3.8) is 0 Å². The minimum atomic E-state index is -0.946. The van der Waals surface area contributed by atoms with Gasteiger partial charge in [0.05, 0.1) is 5.69 Å². The Balaban J connectivity index is 2.43. The van der Waals surface area contributed by atoms with Crippen molar-refractivity contribution in [3.8, 4) is 0 Å². The summed E-state index contributed by atoms with van der Waals surface area (Å²) in [5, 5.41) is 14.0. The van der Waals surface area contributed by atoms with Crippen LogP contribution in [0.5, 0.6) is 0 Å². The lowest BCUT2D eigenvalue weighted by Crippen LogP contribution is -2.00. The molecule has 6 heteroatoms. The topological polar surface area (TPSA) is 55.1 Å². The molecule has 0 atom stereocenters. The monoisotopic (exact) mass is 326 g/mol. The molecule has 0 saturated heterocycles. The molecular formula is C12H11BrN2O2S. The van der Waals surface area contributed by atoms with Crippen LogP contribution in [0, 0.1) is 6.92 Å². The molecule has 0 aliphatic rings. The third-order valence-electron chi connectivity index (χ3n) is 2.39. The Bertz CT molecular complexity index is 610. The van der Waals surface area contributed by atoms with E-state index in [-0.39, 0.29) is 5.56 Å². The molecule has 2 rings (SSSR count). The molecule has 1 N–H and O–H groups in total. The molecule has 94 valence electrons. The lowest BCUT2D eigenvalue weighted by atomic mass is 10.3. The van der Waals surface area contributed by atoms with Crippen molar-refractivity contribution in [2.45, 2.75) is 16.8 Å². The highest BCUT2D eigenvalue weighted by Gasteiger charge is 2.20. The number of rotatable bonds is 3. The maximum Gasteiger partial charge on any atom is 0.340 e. The molecule has 0 saturated carbocycles. The summed E-state index contributed by atoms with van der Waals surface area (Å²) in [7, 11) is 1.75. The van der Waals surface area contributed by atoms with Gasteiger partial charge in [-0.3, -0.25) is 4.68 Å². The Morgan fingerprint density at radius 1 is 1.50 bits per heavy atom. The van der Waals surface area contributed by atoms with Gasteiger partial charge in [-0.25, -0.2) is 4.79 Å². The van der Waals surface area contributed by atoms with Gasteiger partial charge in [-0.15, -0.1) is 0 Å². The highest BCUT2D eigenvalue weighted by atomic mass is 79.9. The number of nitrogens with zero attached hydrogens (tertiary/aromatic N) is 2. The van der Waals surface area contributed by atoms with Gasteiger partial charge in [-0.1, -0.05) is 33.8 Å². The van der Waals surface area contributed by atoms with Crippen LogP contribution in [-0.4, -0.2) is 20.9 Å². The maximum atomic E-state index is 11.2.